The van der Waals surface area contributed by atoms with Crippen molar-refractivity contribution in [1.82, 2.24) is 14.9 Å². The molecule has 0 aliphatic carbocycles. The Bertz CT molecular complexity index is 963. The van der Waals surface area contributed by atoms with Crippen LogP contribution in [0.2, 0.25) is 5.02 Å². The molecule has 178 valence electrons. The van der Waals surface area contributed by atoms with Gasteiger partial charge in [-0.2, -0.15) is 17.5 Å². The van der Waals surface area contributed by atoms with E-state index in [1.807, 2.05) is 0 Å². The molecule has 2 rings (SSSR count). The van der Waals surface area contributed by atoms with Crippen molar-refractivity contribution in [2.45, 2.75) is 36.8 Å². The number of hydrogen-bond acceptors (Lipinski definition) is 6. The molecule has 0 bridgehead atoms. The number of benzene rings is 1. The van der Waals surface area contributed by atoms with Gasteiger partial charge in [0.2, 0.25) is 10.0 Å². The molecule has 14 heteroatoms. The minimum absolute atomic E-state index is 0.0927. The molecule has 1 aromatic rings. The maximum Gasteiger partial charge on any atom is 0.405 e. The van der Waals surface area contributed by atoms with Crippen molar-refractivity contribution in [2.75, 3.05) is 26.2 Å². The molecule has 1 heterocycles. The van der Waals surface area contributed by atoms with E-state index < -0.39 is 47.3 Å². The van der Waals surface area contributed by atoms with Gasteiger partial charge in [-0.3, -0.25) is 10.1 Å². The van der Waals surface area contributed by atoms with E-state index in [9.17, 15) is 36.0 Å². The molecule has 1 aliphatic heterocycles. The first-order valence-corrected chi connectivity index (χ1v) is 11.3. The summed E-state index contributed by atoms with van der Waals surface area (Å²) in [7, 11) is -3.97. The Morgan fingerprint density at radius 1 is 1.09 bits per heavy atom. The lowest BCUT2D eigenvalue weighted by Gasteiger charge is -2.21. The van der Waals surface area contributed by atoms with Gasteiger partial charge in [-0.25, -0.2) is 18.0 Å². The number of sulfonamides is 1. The Morgan fingerprint density at radius 2 is 1.72 bits per heavy atom. The monoisotopic (exact) mass is 499 g/mol. The van der Waals surface area contributed by atoms with Crippen molar-refractivity contribution in [3.05, 3.63) is 28.8 Å². The van der Waals surface area contributed by atoms with Gasteiger partial charge in [-0.1, -0.05) is 24.4 Å². The highest BCUT2D eigenvalue weighted by Crippen LogP contribution is 2.28. The molecule has 0 aromatic heterocycles. The number of hydrogen-bond donors (Lipinski definition) is 2. The lowest BCUT2D eigenvalue weighted by molar-refractivity contribution is -0.125. The zero-order chi connectivity index (χ0) is 23.9. The normalized spacial score (nSPS) is 15.5. The van der Waals surface area contributed by atoms with Crippen molar-refractivity contribution in [2.24, 2.45) is 0 Å². The number of carbonyl (C=O) groups is 3. The SMILES string of the molecule is O=C(COC(=O)c1ccc(Cl)c(S(=O)(=O)N2CCCCCC2)c1)NC(=O)NCC(F)(F)F. The van der Waals surface area contributed by atoms with Crippen LogP contribution in [-0.4, -0.2) is 63.0 Å². The van der Waals surface area contributed by atoms with E-state index in [4.69, 9.17) is 16.3 Å². The number of alkyl halides is 3. The second kappa shape index (κ2) is 11.0. The quantitative estimate of drug-likeness (QED) is 0.580. The van der Waals surface area contributed by atoms with Crippen LogP contribution in [0.3, 0.4) is 0 Å². The topological polar surface area (TPSA) is 122 Å². The van der Waals surface area contributed by atoms with Crippen molar-refractivity contribution in [3.63, 3.8) is 0 Å². The molecule has 9 nitrogen and oxygen atoms in total. The number of esters is 1. The highest BCUT2D eigenvalue weighted by Gasteiger charge is 2.29. The predicted octanol–water partition coefficient (Wildman–Crippen LogP) is 2.45. The molecule has 0 unspecified atom stereocenters. The Morgan fingerprint density at radius 3 is 2.31 bits per heavy atom. The first-order valence-electron chi connectivity index (χ1n) is 9.51. The fourth-order valence-electron chi connectivity index (χ4n) is 2.85. The number of imide groups is 1. The Balaban J connectivity index is 2.01. The summed E-state index contributed by atoms with van der Waals surface area (Å²) in [6.45, 7) is -1.98. The van der Waals surface area contributed by atoms with Gasteiger partial charge in [0.05, 0.1) is 10.6 Å². The average Bonchev–Trinajstić information content (AvgIpc) is 3.00. The third-order valence-electron chi connectivity index (χ3n) is 4.39. The van der Waals surface area contributed by atoms with Gasteiger partial charge in [0.15, 0.2) is 6.61 Å². The average molecular weight is 500 g/mol. The minimum Gasteiger partial charge on any atom is -0.452 e. The van der Waals surface area contributed by atoms with Crippen LogP contribution < -0.4 is 10.6 Å². The fraction of sp³-hybridized carbons (Fsp3) is 0.500. The van der Waals surface area contributed by atoms with Crippen molar-refractivity contribution in [1.29, 1.82) is 0 Å². The van der Waals surface area contributed by atoms with Crippen molar-refractivity contribution < 1.29 is 40.7 Å². The molecule has 1 fully saturated rings. The maximum absolute atomic E-state index is 13.0. The van der Waals surface area contributed by atoms with E-state index >= 15 is 0 Å². The molecular formula is C18H21ClF3N3O6S. The number of ether oxygens (including phenoxy) is 1. The summed E-state index contributed by atoms with van der Waals surface area (Å²) in [4.78, 5) is 34.7. The molecule has 32 heavy (non-hydrogen) atoms. The largest absolute Gasteiger partial charge is 0.452 e. The van der Waals surface area contributed by atoms with Gasteiger partial charge in [-0.15, -0.1) is 0 Å². The highest BCUT2D eigenvalue weighted by atomic mass is 35.5. The summed E-state index contributed by atoms with van der Waals surface area (Å²) < 4.78 is 68.0. The third kappa shape index (κ3) is 7.64. The van der Waals surface area contributed by atoms with Crippen LogP contribution in [0.5, 0.6) is 0 Å². The van der Waals surface area contributed by atoms with Gasteiger partial charge in [0.1, 0.15) is 11.4 Å². The summed E-state index contributed by atoms with van der Waals surface area (Å²) in [5, 5.41) is 2.89. The molecule has 0 spiro atoms. The van der Waals surface area contributed by atoms with Crippen LogP contribution in [0, 0.1) is 0 Å². The van der Waals surface area contributed by atoms with Gasteiger partial charge in [0.25, 0.3) is 5.91 Å². The van der Waals surface area contributed by atoms with E-state index in [2.05, 4.69) is 0 Å². The number of nitrogens with zero attached hydrogens (tertiary/aromatic N) is 1. The number of rotatable bonds is 6. The zero-order valence-electron chi connectivity index (χ0n) is 16.7. The maximum atomic E-state index is 13.0. The molecule has 1 aromatic carbocycles. The minimum atomic E-state index is -4.66. The number of urea groups is 1. The molecule has 1 aliphatic rings. The van der Waals surface area contributed by atoms with Gasteiger partial charge < -0.3 is 10.1 Å². The zero-order valence-corrected chi connectivity index (χ0v) is 18.3. The molecule has 2 N–H and O–H groups in total. The Hall–Kier alpha value is -2.38. The number of amides is 3. The van der Waals surface area contributed by atoms with E-state index in [0.717, 1.165) is 18.9 Å². The molecule has 0 atom stereocenters. The van der Waals surface area contributed by atoms with Crippen LogP contribution in [-0.2, 0) is 19.6 Å². The van der Waals surface area contributed by atoms with Crippen LogP contribution in [0.4, 0.5) is 18.0 Å². The van der Waals surface area contributed by atoms with E-state index in [1.165, 1.54) is 21.8 Å². The van der Waals surface area contributed by atoms with Crippen LogP contribution in [0.15, 0.2) is 23.1 Å². The van der Waals surface area contributed by atoms with E-state index in [-0.39, 0.29) is 15.5 Å². The summed E-state index contributed by atoms with van der Waals surface area (Å²) in [5.41, 5.74) is -0.211. The third-order valence-corrected chi connectivity index (χ3v) is 6.77. The van der Waals surface area contributed by atoms with E-state index in [0.29, 0.717) is 25.9 Å². The highest BCUT2D eigenvalue weighted by molar-refractivity contribution is 7.89. The van der Waals surface area contributed by atoms with Crippen molar-refractivity contribution >= 4 is 39.5 Å². The van der Waals surface area contributed by atoms with Gasteiger partial charge in [0, 0.05) is 13.1 Å². The summed E-state index contributed by atoms with van der Waals surface area (Å²) in [6, 6.07) is 2.01. The van der Waals surface area contributed by atoms with Crippen LogP contribution in [0.1, 0.15) is 36.0 Å². The summed E-state index contributed by atoms with van der Waals surface area (Å²) >= 11 is 6.05. The van der Waals surface area contributed by atoms with Crippen LogP contribution >= 0.6 is 11.6 Å². The Labute approximate surface area is 187 Å². The second-order valence-electron chi connectivity index (χ2n) is 6.89. The number of carbonyl (C=O) groups excluding carboxylic acids is 3. The Kier molecular flexibility index (Phi) is 8.87. The molecule has 0 radical (unpaired) electrons. The smallest absolute Gasteiger partial charge is 0.405 e. The first kappa shape index (κ1) is 25.9. The van der Waals surface area contributed by atoms with Crippen molar-refractivity contribution in [3.8, 4) is 0 Å². The number of nitrogens with one attached hydrogen (secondary N) is 2. The molecule has 1 saturated heterocycles. The lowest BCUT2D eigenvalue weighted by atomic mass is 10.2. The van der Waals surface area contributed by atoms with Gasteiger partial charge in [-0.05, 0) is 31.0 Å². The first-order chi connectivity index (χ1) is 14.9. The van der Waals surface area contributed by atoms with Gasteiger partial charge >= 0.3 is 18.2 Å². The summed E-state index contributed by atoms with van der Waals surface area (Å²) in [6.07, 6.45) is -1.45. The fourth-order valence-corrected chi connectivity index (χ4v) is 4.87. The lowest BCUT2D eigenvalue weighted by Crippen LogP contribution is -2.44. The predicted molar refractivity (Wildman–Crippen MR) is 107 cm³/mol. The van der Waals surface area contributed by atoms with Crippen LogP contribution in [0.25, 0.3) is 0 Å². The number of halogens is 4. The molecular weight excluding hydrogens is 479 g/mol. The second-order valence-corrected chi connectivity index (χ2v) is 9.20. The molecule has 3 amide bonds. The van der Waals surface area contributed by atoms with E-state index in [1.54, 1.807) is 5.32 Å². The summed E-state index contributed by atoms with van der Waals surface area (Å²) in [5.74, 6) is -2.26. The standard InChI is InChI=1S/C18H21ClF3N3O6S/c19-13-6-5-12(9-14(13)32(29,30)25-7-3-1-2-4-8-25)16(27)31-10-15(26)24-17(28)23-11-18(20,21)22/h5-6,9H,1-4,7-8,10-11H2,(H2,23,24,26,28). The molecule has 0 saturated carbocycles.